The molecule has 0 radical (unpaired) electrons. The molecule has 2 aromatic carbocycles. The first-order chi connectivity index (χ1) is 10.0. The highest BCUT2D eigenvalue weighted by atomic mass is 79.9. The second-order valence-electron chi connectivity index (χ2n) is 4.64. The molecule has 0 aliphatic carbocycles. The Balaban J connectivity index is 2.20. The van der Waals surface area contributed by atoms with Crippen LogP contribution in [0.25, 0.3) is 0 Å². The Bertz CT molecular complexity index is 634. The maximum Gasteiger partial charge on any atom is 0.168 e. The van der Waals surface area contributed by atoms with Crippen molar-refractivity contribution in [3.63, 3.8) is 0 Å². The molecule has 0 aliphatic rings. The predicted octanol–water partition coefficient (Wildman–Crippen LogP) is 5.19. The van der Waals surface area contributed by atoms with Crippen molar-refractivity contribution in [3.8, 4) is 11.5 Å². The van der Waals surface area contributed by atoms with Crippen LogP contribution < -0.4 is 10.1 Å². The van der Waals surface area contributed by atoms with Crippen molar-refractivity contribution in [1.29, 1.82) is 0 Å². The van der Waals surface area contributed by atoms with Gasteiger partial charge in [-0.1, -0.05) is 28.9 Å². The quantitative estimate of drug-likeness (QED) is 0.796. The summed E-state index contributed by atoms with van der Waals surface area (Å²) < 4.78 is 32.7. The summed E-state index contributed by atoms with van der Waals surface area (Å²) in [6.07, 6.45) is 0. The minimum Gasteiger partial charge on any atom is -0.454 e. The van der Waals surface area contributed by atoms with E-state index in [9.17, 15) is 8.78 Å². The summed E-state index contributed by atoms with van der Waals surface area (Å²) in [5.41, 5.74) is 1.09. The molecule has 2 aromatic rings. The van der Waals surface area contributed by atoms with Gasteiger partial charge in [-0.3, -0.25) is 0 Å². The highest BCUT2D eigenvalue weighted by molar-refractivity contribution is 9.10. The highest BCUT2D eigenvalue weighted by Gasteiger charge is 2.11. The number of nitrogens with one attached hydrogen (secondary N) is 1. The van der Waals surface area contributed by atoms with E-state index in [1.165, 1.54) is 6.07 Å². The van der Waals surface area contributed by atoms with Gasteiger partial charge in [-0.2, -0.15) is 0 Å². The molecule has 0 saturated heterocycles. The molecule has 1 N–H and O–H groups in total. The Morgan fingerprint density at radius 1 is 1.19 bits per heavy atom. The topological polar surface area (TPSA) is 21.3 Å². The number of hydrogen-bond acceptors (Lipinski definition) is 2. The van der Waals surface area contributed by atoms with Gasteiger partial charge in [-0.25, -0.2) is 8.78 Å². The molecule has 5 heteroatoms. The van der Waals surface area contributed by atoms with Crippen LogP contribution in [0.15, 0.2) is 40.9 Å². The van der Waals surface area contributed by atoms with Crippen LogP contribution >= 0.6 is 15.9 Å². The van der Waals surface area contributed by atoms with Crippen LogP contribution in [0.2, 0.25) is 0 Å². The van der Waals surface area contributed by atoms with Gasteiger partial charge in [0.1, 0.15) is 11.6 Å². The summed E-state index contributed by atoms with van der Waals surface area (Å²) in [5.74, 6) is -0.873. The molecule has 2 rings (SSSR count). The fraction of sp³-hybridized carbons (Fsp3) is 0.250. The van der Waals surface area contributed by atoms with E-state index in [0.29, 0.717) is 5.75 Å². The minimum atomic E-state index is -0.726. The van der Waals surface area contributed by atoms with E-state index in [0.717, 1.165) is 28.7 Å². The standard InChI is InChI=1S/C16H16BrF2NO/c1-3-20-10(2)13-6-5-12(9-14(13)17)21-16-7-4-11(18)8-15(16)19/h4-10,20H,3H2,1-2H3. The first-order valence-electron chi connectivity index (χ1n) is 6.67. The van der Waals surface area contributed by atoms with Gasteiger partial charge in [0.05, 0.1) is 0 Å². The molecule has 0 fully saturated rings. The van der Waals surface area contributed by atoms with Gasteiger partial charge in [0.15, 0.2) is 11.6 Å². The van der Waals surface area contributed by atoms with Crippen molar-refractivity contribution in [3.05, 3.63) is 58.1 Å². The Labute approximate surface area is 131 Å². The summed E-state index contributed by atoms with van der Waals surface area (Å²) in [6.45, 7) is 4.97. The average molecular weight is 356 g/mol. The molecule has 2 nitrogen and oxygen atoms in total. The number of halogens is 3. The van der Waals surface area contributed by atoms with Gasteiger partial charge in [-0.05, 0) is 43.3 Å². The number of ether oxygens (including phenoxy) is 1. The molecular weight excluding hydrogens is 340 g/mol. The zero-order valence-electron chi connectivity index (χ0n) is 11.8. The number of rotatable bonds is 5. The lowest BCUT2D eigenvalue weighted by atomic mass is 10.1. The van der Waals surface area contributed by atoms with Crippen LogP contribution in [0.5, 0.6) is 11.5 Å². The van der Waals surface area contributed by atoms with Crippen LogP contribution in [0, 0.1) is 11.6 Å². The first kappa shape index (κ1) is 15.9. The lowest BCUT2D eigenvalue weighted by Crippen LogP contribution is -2.18. The maximum absolute atomic E-state index is 13.6. The van der Waals surface area contributed by atoms with Crippen LogP contribution in [0.4, 0.5) is 8.78 Å². The van der Waals surface area contributed by atoms with E-state index >= 15 is 0 Å². The van der Waals surface area contributed by atoms with Crippen LogP contribution in [0.1, 0.15) is 25.5 Å². The van der Waals surface area contributed by atoms with Crippen LogP contribution in [-0.2, 0) is 0 Å². The molecule has 112 valence electrons. The lowest BCUT2D eigenvalue weighted by molar-refractivity contribution is 0.437. The first-order valence-corrected chi connectivity index (χ1v) is 7.46. The Morgan fingerprint density at radius 2 is 1.95 bits per heavy atom. The fourth-order valence-corrected chi connectivity index (χ4v) is 2.72. The number of hydrogen-bond donors (Lipinski definition) is 1. The van der Waals surface area contributed by atoms with Gasteiger partial charge in [-0.15, -0.1) is 0 Å². The van der Waals surface area contributed by atoms with Crippen LogP contribution in [-0.4, -0.2) is 6.54 Å². The molecule has 0 aromatic heterocycles. The van der Waals surface area contributed by atoms with Gasteiger partial charge in [0.25, 0.3) is 0 Å². The van der Waals surface area contributed by atoms with E-state index in [2.05, 4.69) is 28.2 Å². The van der Waals surface area contributed by atoms with Gasteiger partial charge < -0.3 is 10.1 Å². The molecule has 0 saturated carbocycles. The molecule has 0 bridgehead atoms. The zero-order valence-corrected chi connectivity index (χ0v) is 13.4. The summed E-state index contributed by atoms with van der Waals surface area (Å²) in [4.78, 5) is 0. The molecular formula is C16H16BrF2NO. The van der Waals surface area contributed by atoms with Gasteiger partial charge in [0.2, 0.25) is 0 Å². The Morgan fingerprint density at radius 3 is 2.57 bits per heavy atom. The monoisotopic (exact) mass is 355 g/mol. The van der Waals surface area contributed by atoms with E-state index < -0.39 is 11.6 Å². The summed E-state index contributed by atoms with van der Waals surface area (Å²) in [6, 6.07) is 8.87. The largest absolute Gasteiger partial charge is 0.454 e. The van der Waals surface area contributed by atoms with Gasteiger partial charge in [0, 0.05) is 16.6 Å². The van der Waals surface area contributed by atoms with E-state index in [1.54, 1.807) is 12.1 Å². The Kier molecular flexibility index (Phi) is 5.31. The molecule has 1 unspecified atom stereocenters. The molecule has 21 heavy (non-hydrogen) atoms. The van der Waals surface area contributed by atoms with Gasteiger partial charge >= 0.3 is 0 Å². The summed E-state index contributed by atoms with van der Waals surface area (Å²) in [7, 11) is 0. The van der Waals surface area contributed by atoms with E-state index in [-0.39, 0.29) is 11.8 Å². The van der Waals surface area contributed by atoms with E-state index in [4.69, 9.17) is 4.74 Å². The number of benzene rings is 2. The normalized spacial score (nSPS) is 12.2. The minimum absolute atomic E-state index is 0.00391. The van der Waals surface area contributed by atoms with Crippen molar-refractivity contribution < 1.29 is 13.5 Å². The van der Waals surface area contributed by atoms with Crippen LogP contribution in [0.3, 0.4) is 0 Å². The SMILES string of the molecule is CCNC(C)c1ccc(Oc2ccc(F)cc2F)cc1Br. The maximum atomic E-state index is 13.6. The van der Waals surface area contributed by atoms with Crippen molar-refractivity contribution in [1.82, 2.24) is 5.32 Å². The van der Waals surface area contributed by atoms with E-state index in [1.807, 2.05) is 13.0 Å². The van der Waals surface area contributed by atoms with Crippen molar-refractivity contribution in [2.75, 3.05) is 6.54 Å². The Hall–Kier alpha value is -1.46. The smallest absolute Gasteiger partial charge is 0.168 e. The zero-order chi connectivity index (χ0) is 15.4. The molecule has 0 spiro atoms. The fourth-order valence-electron chi connectivity index (χ4n) is 2.02. The summed E-state index contributed by atoms with van der Waals surface area (Å²) in [5, 5.41) is 3.31. The third kappa shape index (κ3) is 4.02. The van der Waals surface area contributed by atoms with Crippen molar-refractivity contribution in [2.45, 2.75) is 19.9 Å². The lowest BCUT2D eigenvalue weighted by Gasteiger charge is -2.16. The molecule has 0 heterocycles. The highest BCUT2D eigenvalue weighted by Crippen LogP contribution is 2.31. The third-order valence-electron chi connectivity index (χ3n) is 3.07. The van der Waals surface area contributed by atoms with Crippen molar-refractivity contribution >= 4 is 15.9 Å². The molecule has 0 amide bonds. The second-order valence-corrected chi connectivity index (χ2v) is 5.49. The molecule has 1 atom stereocenters. The molecule has 0 aliphatic heterocycles. The second kappa shape index (κ2) is 7.00. The predicted molar refractivity (Wildman–Crippen MR) is 82.7 cm³/mol. The van der Waals surface area contributed by atoms with Crippen molar-refractivity contribution in [2.24, 2.45) is 0 Å². The average Bonchev–Trinajstić information content (AvgIpc) is 2.42. The third-order valence-corrected chi connectivity index (χ3v) is 3.76. The summed E-state index contributed by atoms with van der Waals surface area (Å²) >= 11 is 3.49.